The number of anilines is 3. The van der Waals surface area contributed by atoms with Gasteiger partial charge in [0.1, 0.15) is 30.4 Å². The summed E-state index contributed by atoms with van der Waals surface area (Å²) < 4.78 is 47.3. The number of hydrogen-bond donors (Lipinski definition) is 1. The lowest BCUT2D eigenvalue weighted by Crippen LogP contribution is -2.45. The number of nitrogens with one attached hydrogen (secondary N) is 1. The van der Waals surface area contributed by atoms with E-state index in [0.29, 0.717) is 72.9 Å². The van der Waals surface area contributed by atoms with E-state index in [-0.39, 0.29) is 23.8 Å². The first-order valence-corrected chi connectivity index (χ1v) is 20.9. The maximum Gasteiger partial charge on any atom is 0.434 e. The Hall–Kier alpha value is -4.92. The molecule has 1 unspecified atom stereocenters. The summed E-state index contributed by atoms with van der Waals surface area (Å²) >= 11 is 0. The molecule has 4 aromatic rings. The van der Waals surface area contributed by atoms with Gasteiger partial charge in [-0.05, 0) is 50.6 Å². The van der Waals surface area contributed by atoms with Crippen LogP contribution >= 0.6 is 0 Å². The van der Waals surface area contributed by atoms with Crippen LogP contribution in [0.5, 0.6) is 11.6 Å². The average molecular weight is 795 g/mol. The predicted molar refractivity (Wildman–Crippen MR) is 210 cm³/mol. The smallest absolute Gasteiger partial charge is 0.434 e. The van der Waals surface area contributed by atoms with Gasteiger partial charge in [0.2, 0.25) is 21.9 Å². The van der Waals surface area contributed by atoms with Crippen LogP contribution in [-0.4, -0.2) is 144 Å². The number of pyridine rings is 2. The lowest BCUT2D eigenvalue weighted by molar-refractivity contribution is -0.396. The summed E-state index contributed by atoms with van der Waals surface area (Å²) in [6, 6.07) is 2.90. The van der Waals surface area contributed by atoms with Crippen molar-refractivity contribution in [1.82, 2.24) is 39.3 Å². The first-order chi connectivity index (χ1) is 26.9. The van der Waals surface area contributed by atoms with Crippen LogP contribution in [0, 0.1) is 10.1 Å². The molecule has 1 aliphatic carbocycles. The highest BCUT2D eigenvalue weighted by atomic mass is 32.2. The van der Waals surface area contributed by atoms with Crippen molar-refractivity contribution < 1.29 is 27.6 Å². The molecule has 7 rings (SSSR count). The molecule has 0 bridgehead atoms. The number of imidazole rings is 1. The van der Waals surface area contributed by atoms with Gasteiger partial charge in [-0.15, -0.1) is 0 Å². The Balaban J connectivity index is 1.04. The van der Waals surface area contributed by atoms with Crippen molar-refractivity contribution in [2.24, 2.45) is 7.05 Å². The maximum absolute atomic E-state index is 13.3. The minimum Gasteiger partial charge on any atom is -0.489 e. The van der Waals surface area contributed by atoms with Gasteiger partial charge in [-0.2, -0.15) is 4.98 Å². The molecule has 19 nitrogen and oxygen atoms in total. The third-order valence-corrected chi connectivity index (χ3v) is 11.9. The van der Waals surface area contributed by atoms with E-state index in [1.807, 2.05) is 6.07 Å². The summed E-state index contributed by atoms with van der Waals surface area (Å²) in [5.41, 5.74) is 1.20. The van der Waals surface area contributed by atoms with Gasteiger partial charge in [-0.1, -0.05) is 4.98 Å². The zero-order chi connectivity index (χ0) is 39.4. The number of aromatic nitrogens is 6. The quantitative estimate of drug-likeness (QED) is 0.144. The molecule has 56 heavy (non-hydrogen) atoms. The van der Waals surface area contributed by atoms with Crippen LogP contribution in [0.15, 0.2) is 36.9 Å². The Morgan fingerprint density at radius 2 is 1.70 bits per heavy atom. The normalized spacial score (nSPS) is 20.5. The molecular formula is C36H50N12O7S. The molecule has 1 saturated carbocycles. The molecule has 2 aliphatic heterocycles. The number of rotatable bonds is 14. The number of morpholine rings is 1. The minimum absolute atomic E-state index is 0.149. The van der Waals surface area contributed by atoms with Crippen molar-refractivity contribution in [3.8, 4) is 11.6 Å². The van der Waals surface area contributed by atoms with Gasteiger partial charge in [0.05, 0.1) is 67.7 Å². The second-order valence-corrected chi connectivity index (χ2v) is 16.5. The number of nitro groups is 1. The van der Waals surface area contributed by atoms with Crippen molar-refractivity contribution in [2.75, 3.05) is 93.5 Å². The fraction of sp³-hybridized carbons (Fsp3) is 0.583. The SMILES string of the molecule is CC(c1cnc([N+](=O)[O-])n1C)N(c1cnc2cc(N3CCOCC3)nc(O[C@H]3CC[C@@H](Nc4ncc(OCCN5CCN(C)CC5)cn4)CC3)c2c1)S(C)(=O)=O. The van der Waals surface area contributed by atoms with Crippen LogP contribution in [0.2, 0.25) is 0 Å². The molecule has 0 radical (unpaired) electrons. The number of ether oxygens (including phenoxy) is 3. The Kier molecular flexibility index (Phi) is 12.0. The zero-order valence-corrected chi connectivity index (χ0v) is 33.1. The van der Waals surface area contributed by atoms with E-state index in [9.17, 15) is 18.5 Å². The molecule has 0 aromatic carbocycles. The first-order valence-electron chi connectivity index (χ1n) is 19.0. The van der Waals surface area contributed by atoms with Crippen LogP contribution < -0.4 is 24.0 Å². The monoisotopic (exact) mass is 794 g/mol. The number of hydrogen-bond acceptors (Lipinski definition) is 16. The molecule has 0 amide bonds. The van der Waals surface area contributed by atoms with Gasteiger partial charge < -0.3 is 39.4 Å². The van der Waals surface area contributed by atoms with Gasteiger partial charge in [-0.3, -0.25) is 14.2 Å². The summed E-state index contributed by atoms with van der Waals surface area (Å²) in [5, 5.41) is 15.5. The van der Waals surface area contributed by atoms with Crippen molar-refractivity contribution in [2.45, 2.75) is 50.8 Å². The minimum atomic E-state index is -3.90. The number of likely N-dealkylation sites (N-methyl/N-ethyl adjacent to an activating group) is 1. The summed E-state index contributed by atoms with van der Waals surface area (Å²) in [5.74, 6) is 1.87. The molecule has 1 atom stereocenters. The highest BCUT2D eigenvalue weighted by molar-refractivity contribution is 7.92. The number of fused-ring (bicyclic) bond motifs is 1. The molecule has 3 fully saturated rings. The van der Waals surface area contributed by atoms with Crippen molar-refractivity contribution >= 4 is 44.3 Å². The fourth-order valence-electron chi connectivity index (χ4n) is 7.52. The summed E-state index contributed by atoms with van der Waals surface area (Å²) in [4.78, 5) is 40.3. The van der Waals surface area contributed by atoms with E-state index in [2.05, 4.69) is 42.0 Å². The van der Waals surface area contributed by atoms with E-state index >= 15 is 0 Å². The fourth-order valence-corrected chi connectivity index (χ4v) is 8.69. The van der Waals surface area contributed by atoms with Crippen LogP contribution in [0.1, 0.15) is 44.3 Å². The molecule has 2 saturated heterocycles. The molecule has 20 heteroatoms. The number of sulfonamides is 1. The maximum atomic E-state index is 13.3. The second-order valence-electron chi connectivity index (χ2n) is 14.7. The zero-order valence-electron chi connectivity index (χ0n) is 32.3. The molecule has 0 spiro atoms. The topological polar surface area (TPSA) is 199 Å². The van der Waals surface area contributed by atoms with Crippen LogP contribution in [-0.2, 0) is 21.8 Å². The van der Waals surface area contributed by atoms with Crippen molar-refractivity contribution in [3.05, 3.63) is 52.7 Å². The Morgan fingerprint density at radius 1 is 0.982 bits per heavy atom. The largest absolute Gasteiger partial charge is 0.489 e. The van der Waals surface area contributed by atoms with Crippen molar-refractivity contribution in [3.63, 3.8) is 0 Å². The summed E-state index contributed by atoms with van der Waals surface area (Å²) in [6.45, 7) is 9.83. The highest BCUT2D eigenvalue weighted by Crippen LogP contribution is 2.37. The molecule has 6 heterocycles. The summed E-state index contributed by atoms with van der Waals surface area (Å²) in [6.07, 6.45) is 10.3. The third-order valence-electron chi connectivity index (χ3n) is 10.7. The van der Waals surface area contributed by atoms with E-state index < -0.39 is 21.0 Å². The molecular weight excluding hydrogens is 745 g/mol. The Bertz CT molecular complexity index is 2080. The van der Waals surface area contributed by atoms with E-state index in [1.54, 1.807) is 25.4 Å². The molecule has 3 aliphatic rings. The van der Waals surface area contributed by atoms with Crippen LogP contribution in [0.4, 0.5) is 23.4 Å². The predicted octanol–water partition coefficient (Wildman–Crippen LogP) is 2.85. The highest BCUT2D eigenvalue weighted by Gasteiger charge is 2.33. The van der Waals surface area contributed by atoms with Crippen LogP contribution in [0.25, 0.3) is 10.9 Å². The Labute approximate surface area is 326 Å². The first kappa shape index (κ1) is 39.3. The number of nitrogens with zero attached hydrogens (tertiary/aromatic N) is 11. The van der Waals surface area contributed by atoms with E-state index in [0.717, 1.165) is 64.7 Å². The van der Waals surface area contributed by atoms with Gasteiger partial charge in [0.25, 0.3) is 0 Å². The van der Waals surface area contributed by atoms with E-state index in [1.165, 1.54) is 28.3 Å². The van der Waals surface area contributed by atoms with Gasteiger partial charge in [0.15, 0.2) is 5.75 Å². The second kappa shape index (κ2) is 17.1. The number of piperazine rings is 1. The molecule has 4 aromatic heterocycles. The molecule has 1 N–H and O–H groups in total. The Morgan fingerprint density at radius 3 is 2.36 bits per heavy atom. The van der Waals surface area contributed by atoms with Gasteiger partial charge in [0, 0.05) is 57.9 Å². The van der Waals surface area contributed by atoms with Gasteiger partial charge >= 0.3 is 5.95 Å². The van der Waals surface area contributed by atoms with Crippen LogP contribution in [0.3, 0.4) is 0 Å². The van der Waals surface area contributed by atoms with Crippen molar-refractivity contribution in [1.29, 1.82) is 0 Å². The lowest BCUT2D eigenvalue weighted by Gasteiger charge is -2.32. The lowest BCUT2D eigenvalue weighted by atomic mass is 9.93. The molecule has 302 valence electrons. The van der Waals surface area contributed by atoms with Gasteiger partial charge in [-0.25, -0.2) is 23.0 Å². The summed E-state index contributed by atoms with van der Waals surface area (Å²) in [7, 11) is -0.269. The average Bonchev–Trinajstić information content (AvgIpc) is 3.58. The standard InChI is InChI=1S/C36H50N12O7S/c1-25(32-24-40-36(44(32)3)48(49)50)47(56(4,51)52)27-19-30-31(37-21-27)20-33(46-14-16-53-17-15-46)42-34(30)55-28-7-5-26(6-8-28)41-35-38-22-29(23-39-35)54-18-13-45-11-9-43(2)10-12-45/h19-26,28H,5-18H2,1-4H3,(H,38,39,41)/t25?,26-,28+. The van der Waals surface area contributed by atoms with E-state index in [4.69, 9.17) is 24.2 Å². The third kappa shape index (κ3) is 9.20.